The monoisotopic (exact) mass is 234 g/mol. The minimum atomic E-state index is -0.482. The van der Waals surface area contributed by atoms with Gasteiger partial charge in [-0.15, -0.1) is 0 Å². The molecule has 0 radical (unpaired) electrons. The van der Waals surface area contributed by atoms with Gasteiger partial charge in [0.15, 0.2) is 0 Å². The quantitative estimate of drug-likeness (QED) is 0.778. The fourth-order valence-electron chi connectivity index (χ4n) is 1.76. The van der Waals surface area contributed by atoms with Gasteiger partial charge in [-0.2, -0.15) is 0 Å². The summed E-state index contributed by atoms with van der Waals surface area (Å²) in [6, 6.07) is 6.00. The number of hydrogen-bond acceptors (Lipinski definition) is 2. The van der Waals surface area contributed by atoms with E-state index < -0.39 is 5.82 Å². The van der Waals surface area contributed by atoms with Gasteiger partial charge in [-0.3, -0.25) is 4.79 Å². The summed E-state index contributed by atoms with van der Waals surface area (Å²) >= 11 is 0. The number of rotatable bonds is 3. The molecule has 0 atom stereocenters. The van der Waals surface area contributed by atoms with Crippen LogP contribution in [0.1, 0.15) is 16.8 Å². The average Bonchev–Trinajstić information content (AvgIpc) is 2.38. The van der Waals surface area contributed by atoms with Crippen LogP contribution in [0.2, 0.25) is 0 Å². The van der Waals surface area contributed by atoms with E-state index in [1.165, 1.54) is 17.7 Å². The highest BCUT2D eigenvalue weighted by atomic mass is 19.1. The van der Waals surface area contributed by atoms with E-state index in [1.807, 2.05) is 0 Å². The Hall–Kier alpha value is -1.68. The highest BCUT2D eigenvalue weighted by Gasteiger charge is 2.11. The minimum Gasteiger partial charge on any atom is -0.348 e. The van der Waals surface area contributed by atoms with Crippen LogP contribution in [0.15, 0.2) is 35.9 Å². The van der Waals surface area contributed by atoms with Crippen molar-refractivity contribution in [1.29, 1.82) is 0 Å². The van der Waals surface area contributed by atoms with E-state index in [4.69, 9.17) is 0 Å². The number of carbonyl (C=O) groups is 1. The van der Waals surface area contributed by atoms with Crippen LogP contribution in [-0.4, -0.2) is 25.5 Å². The Morgan fingerprint density at radius 1 is 1.41 bits per heavy atom. The molecule has 1 aliphatic heterocycles. The van der Waals surface area contributed by atoms with E-state index in [0.29, 0.717) is 6.54 Å². The van der Waals surface area contributed by atoms with Crippen LogP contribution in [0.4, 0.5) is 4.39 Å². The molecule has 0 saturated carbocycles. The summed E-state index contributed by atoms with van der Waals surface area (Å²) in [6.45, 7) is 2.27. The molecule has 1 aliphatic rings. The molecule has 90 valence electrons. The normalized spacial score (nSPS) is 15.2. The molecule has 0 spiro atoms. The maximum absolute atomic E-state index is 13.3. The molecule has 0 bridgehead atoms. The van der Waals surface area contributed by atoms with Crippen molar-refractivity contribution >= 4 is 5.91 Å². The third-order valence-electron chi connectivity index (χ3n) is 2.75. The zero-order valence-electron chi connectivity index (χ0n) is 9.50. The predicted molar refractivity (Wildman–Crippen MR) is 64.3 cm³/mol. The van der Waals surface area contributed by atoms with E-state index in [9.17, 15) is 9.18 Å². The fourth-order valence-corrected chi connectivity index (χ4v) is 1.76. The number of hydrogen-bond donors (Lipinski definition) is 2. The lowest BCUT2D eigenvalue weighted by molar-refractivity contribution is 0.0952. The van der Waals surface area contributed by atoms with Gasteiger partial charge in [-0.1, -0.05) is 23.8 Å². The molecule has 2 rings (SSSR count). The molecule has 2 N–H and O–H groups in total. The van der Waals surface area contributed by atoms with Gasteiger partial charge in [0, 0.05) is 13.1 Å². The van der Waals surface area contributed by atoms with Crippen LogP contribution in [-0.2, 0) is 0 Å². The molecule has 0 aliphatic carbocycles. The van der Waals surface area contributed by atoms with E-state index in [-0.39, 0.29) is 11.5 Å². The Morgan fingerprint density at radius 2 is 2.24 bits per heavy atom. The Bertz CT molecular complexity index is 443. The summed E-state index contributed by atoms with van der Waals surface area (Å²) < 4.78 is 13.3. The van der Waals surface area contributed by atoms with Gasteiger partial charge in [0.25, 0.3) is 5.91 Å². The molecule has 1 amide bonds. The van der Waals surface area contributed by atoms with Gasteiger partial charge in [-0.25, -0.2) is 4.39 Å². The highest BCUT2D eigenvalue weighted by molar-refractivity contribution is 5.94. The lowest BCUT2D eigenvalue weighted by Gasteiger charge is -2.14. The standard InChI is InChI=1S/C13H15FN2O/c14-12-4-2-1-3-11(12)13(17)16-9-10-5-7-15-8-6-10/h1-5,15H,6-9H2,(H,16,17). The Kier molecular flexibility index (Phi) is 3.88. The summed E-state index contributed by atoms with van der Waals surface area (Å²) in [4.78, 5) is 11.7. The van der Waals surface area contributed by atoms with Gasteiger partial charge in [0.1, 0.15) is 5.82 Å². The SMILES string of the molecule is O=C(NCC1=CCNCC1)c1ccccc1F. The Labute approximate surface area is 99.7 Å². The first-order chi connectivity index (χ1) is 8.27. The van der Waals surface area contributed by atoms with Crippen LogP contribution in [0.3, 0.4) is 0 Å². The zero-order valence-corrected chi connectivity index (χ0v) is 9.50. The predicted octanol–water partition coefficient (Wildman–Crippen LogP) is 1.48. The second-order valence-electron chi connectivity index (χ2n) is 3.98. The Morgan fingerprint density at radius 3 is 2.94 bits per heavy atom. The third kappa shape index (κ3) is 3.14. The summed E-state index contributed by atoms with van der Waals surface area (Å²) in [7, 11) is 0. The summed E-state index contributed by atoms with van der Waals surface area (Å²) in [5, 5.41) is 5.93. The number of carbonyl (C=O) groups excluding carboxylic acids is 1. The molecule has 0 aromatic heterocycles. The largest absolute Gasteiger partial charge is 0.348 e. The van der Waals surface area contributed by atoms with E-state index in [2.05, 4.69) is 16.7 Å². The van der Waals surface area contributed by atoms with Gasteiger partial charge in [0.05, 0.1) is 5.56 Å². The molecule has 3 nitrogen and oxygen atoms in total. The van der Waals surface area contributed by atoms with Crippen LogP contribution < -0.4 is 10.6 Å². The average molecular weight is 234 g/mol. The zero-order chi connectivity index (χ0) is 12.1. The molecule has 17 heavy (non-hydrogen) atoms. The molecule has 1 aromatic rings. The number of benzene rings is 1. The molecule has 1 aromatic carbocycles. The van der Waals surface area contributed by atoms with Crippen molar-refractivity contribution in [3.63, 3.8) is 0 Å². The fraction of sp³-hybridized carbons (Fsp3) is 0.308. The smallest absolute Gasteiger partial charge is 0.254 e. The molecule has 4 heteroatoms. The minimum absolute atomic E-state index is 0.0991. The van der Waals surface area contributed by atoms with Crippen molar-refractivity contribution in [2.75, 3.05) is 19.6 Å². The molecule has 0 saturated heterocycles. The molecule has 0 unspecified atom stereocenters. The van der Waals surface area contributed by atoms with Crippen LogP contribution in [0.25, 0.3) is 0 Å². The highest BCUT2D eigenvalue weighted by Crippen LogP contribution is 2.07. The van der Waals surface area contributed by atoms with Gasteiger partial charge in [0.2, 0.25) is 0 Å². The summed E-state index contributed by atoms with van der Waals surface area (Å²) in [5.74, 6) is -0.841. The second kappa shape index (κ2) is 5.59. The van der Waals surface area contributed by atoms with Crippen LogP contribution in [0.5, 0.6) is 0 Å². The van der Waals surface area contributed by atoms with Gasteiger partial charge < -0.3 is 10.6 Å². The molecular weight excluding hydrogens is 219 g/mol. The second-order valence-corrected chi connectivity index (χ2v) is 3.98. The maximum Gasteiger partial charge on any atom is 0.254 e. The first-order valence-corrected chi connectivity index (χ1v) is 5.69. The number of nitrogens with one attached hydrogen (secondary N) is 2. The van der Waals surface area contributed by atoms with Crippen LogP contribution >= 0.6 is 0 Å². The van der Waals surface area contributed by atoms with Crippen molar-refractivity contribution in [3.05, 3.63) is 47.3 Å². The third-order valence-corrected chi connectivity index (χ3v) is 2.75. The molecule has 0 fully saturated rings. The topological polar surface area (TPSA) is 41.1 Å². The van der Waals surface area contributed by atoms with Gasteiger partial charge >= 0.3 is 0 Å². The molecular formula is C13H15FN2O. The van der Waals surface area contributed by atoms with E-state index in [0.717, 1.165) is 19.5 Å². The van der Waals surface area contributed by atoms with E-state index in [1.54, 1.807) is 12.1 Å². The maximum atomic E-state index is 13.3. The summed E-state index contributed by atoms with van der Waals surface area (Å²) in [6.07, 6.45) is 2.99. The molecule has 1 heterocycles. The number of halogens is 1. The van der Waals surface area contributed by atoms with Crippen molar-refractivity contribution in [3.8, 4) is 0 Å². The van der Waals surface area contributed by atoms with Crippen molar-refractivity contribution in [2.24, 2.45) is 0 Å². The van der Waals surface area contributed by atoms with E-state index >= 15 is 0 Å². The van der Waals surface area contributed by atoms with Gasteiger partial charge in [-0.05, 0) is 25.1 Å². The lowest BCUT2D eigenvalue weighted by Crippen LogP contribution is -2.30. The first kappa shape index (κ1) is 11.8. The van der Waals surface area contributed by atoms with Crippen molar-refractivity contribution in [1.82, 2.24) is 10.6 Å². The first-order valence-electron chi connectivity index (χ1n) is 5.69. The van der Waals surface area contributed by atoms with Crippen LogP contribution in [0, 0.1) is 5.82 Å². The van der Waals surface area contributed by atoms with Crippen molar-refractivity contribution in [2.45, 2.75) is 6.42 Å². The number of amides is 1. The lowest BCUT2D eigenvalue weighted by atomic mass is 10.1. The van der Waals surface area contributed by atoms with Crippen molar-refractivity contribution < 1.29 is 9.18 Å². The Balaban J connectivity index is 1.93. The summed E-state index contributed by atoms with van der Waals surface area (Å²) in [5.41, 5.74) is 1.29.